The number of rotatable bonds is 9. The molecule has 3 saturated heterocycles. The van der Waals surface area contributed by atoms with Crippen LogP contribution in [0.5, 0.6) is 0 Å². The minimum atomic E-state index is -1.53. The fourth-order valence-electron chi connectivity index (χ4n) is 8.84. The van der Waals surface area contributed by atoms with E-state index in [9.17, 15) is 29.1 Å². The zero-order chi connectivity index (χ0) is 40.3. The molecule has 3 aliphatic heterocycles. The van der Waals surface area contributed by atoms with Gasteiger partial charge in [-0.1, -0.05) is 27.7 Å². The van der Waals surface area contributed by atoms with E-state index in [1.807, 2.05) is 25.9 Å². The number of aliphatic hydroxyl groups excluding tert-OH is 1. The standard InChI is InChI=1S/C40H61N3O11/c1-12-28-40(8)30(31(37(49)54-40)42-29(44)14-13-26-15-17-41-18-16-26)23(4)32(45)21(2)20-39(7,50-11)35(24(5)33(46)25(6)36(48)52-28)53-38-34(47)27(43(9)10)19-22(3)51-38/h15-18,21-25,27-28,30-31,34-35,38,47H,12-14,19-20H2,1-11H3,(H,42,44)/t21-,22-,23-,24+,25-,27+,28-,30+,31?,34-,35-,38+,39-,40-/m1/s1. The number of ether oxygens (including phenoxy) is 5. The van der Waals surface area contributed by atoms with Crippen LogP contribution in [0.4, 0.5) is 0 Å². The number of likely N-dealkylation sites (N-methyl/N-ethyl adjacent to an activating group) is 1. The molecule has 0 saturated carbocycles. The smallest absolute Gasteiger partial charge is 0.329 e. The van der Waals surface area contributed by atoms with E-state index < -0.39 is 95.1 Å². The van der Waals surface area contributed by atoms with Crippen molar-refractivity contribution in [2.45, 2.75) is 141 Å². The topological polar surface area (TPSA) is 180 Å². The number of amides is 1. The molecule has 4 heterocycles. The van der Waals surface area contributed by atoms with E-state index in [0.717, 1.165) is 5.56 Å². The lowest BCUT2D eigenvalue weighted by molar-refractivity contribution is -0.295. The largest absolute Gasteiger partial charge is 0.458 e. The molecule has 1 unspecified atom stereocenters. The van der Waals surface area contributed by atoms with E-state index >= 15 is 0 Å². The van der Waals surface area contributed by atoms with E-state index in [4.69, 9.17) is 23.7 Å². The van der Waals surface area contributed by atoms with Crippen molar-refractivity contribution >= 4 is 29.4 Å². The summed E-state index contributed by atoms with van der Waals surface area (Å²) < 4.78 is 30.9. The molecule has 302 valence electrons. The number of hydrogen-bond acceptors (Lipinski definition) is 13. The molecule has 14 atom stereocenters. The second kappa shape index (κ2) is 17.7. The molecular weight excluding hydrogens is 698 g/mol. The van der Waals surface area contributed by atoms with Crippen LogP contribution in [0.1, 0.15) is 86.6 Å². The summed E-state index contributed by atoms with van der Waals surface area (Å²) in [5.41, 5.74) is -1.94. The summed E-state index contributed by atoms with van der Waals surface area (Å²) in [7, 11) is 5.17. The van der Waals surface area contributed by atoms with E-state index in [-0.39, 0.29) is 37.2 Å². The van der Waals surface area contributed by atoms with Gasteiger partial charge >= 0.3 is 11.9 Å². The maximum atomic E-state index is 14.6. The zero-order valence-electron chi connectivity index (χ0n) is 33.7. The Kier molecular flexibility index (Phi) is 14.2. The van der Waals surface area contributed by atoms with E-state index in [0.29, 0.717) is 12.8 Å². The fraction of sp³-hybridized carbons (Fsp3) is 0.750. The first-order chi connectivity index (χ1) is 25.3. The number of fused-ring (bicyclic) bond motifs is 1. The molecular formula is C40H61N3O11. The number of aromatic nitrogens is 1. The average molecular weight is 760 g/mol. The van der Waals surface area contributed by atoms with Crippen LogP contribution in [0.25, 0.3) is 0 Å². The monoisotopic (exact) mass is 759 g/mol. The highest BCUT2D eigenvalue weighted by Gasteiger charge is 2.62. The van der Waals surface area contributed by atoms with Gasteiger partial charge in [0, 0.05) is 55.6 Å². The van der Waals surface area contributed by atoms with Gasteiger partial charge in [-0.2, -0.15) is 0 Å². The number of Topliss-reactive ketones (excluding diaryl/α,β-unsaturated/α-hetero) is 2. The Balaban J connectivity index is 1.74. The summed E-state index contributed by atoms with van der Waals surface area (Å²) in [6, 6.07) is 2.09. The number of carbonyl (C=O) groups is 5. The number of carbonyl (C=O) groups excluding carboxylic acids is 5. The molecule has 0 aliphatic carbocycles. The van der Waals surface area contributed by atoms with Gasteiger partial charge in [0.05, 0.1) is 17.8 Å². The molecule has 14 nitrogen and oxygen atoms in total. The first-order valence-electron chi connectivity index (χ1n) is 19.2. The summed E-state index contributed by atoms with van der Waals surface area (Å²) in [6.07, 6.45) is -0.0715. The number of hydrogen-bond donors (Lipinski definition) is 2. The lowest BCUT2D eigenvalue weighted by Crippen LogP contribution is -2.59. The third kappa shape index (κ3) is 9.04. The molecule has 2 N–H and O–H groups in total. The maximum Gasteiger partial charge on any atom is 0.329 e. The van der Waals surface area contributed by atoms with Crippen molar-refractivity contribution in [2.24, 2.45) is 29.6 Å². The van der Waals surface area contributed by atoms with Gasteiger partial charge in [-0.25, -0.2) is 4.79 Å². The number of cyclic esters (lactones) is 1. The van der Waals surface area contributed by atoms with E-state index in [2.05, 4.69) is 10.3 Å². The lowest BCUT2D eigenvalue weighted by Gasteiger charge is -2.47. The van der Waals surface area contributed by atoms with Gasteiger partial charge in [0.15, 0.2) is 17.7 Å². The van der Waals surface area contributed by atoms with Gasteiger partial charge in [-0.15, -0.1) is 0 Å². The average Bonchev–Trinajstić information content (AvgIpc) is 3.39. The normalized spacial score (nSPS) is 39.7. The lowest BCUT2D eigenvalue weighted by atomic mass is 9.69. The summed E-state index contributed by atoms with van der Waals surface area (Å²) >= 11 is 0. The molecule has 0 aromatic carbocycles. The Morgan fingerprint density at radius 2 is 1.67 bits per heavy atom. The minimum Gasteiger partial charge on any atom is -0.458 e. The van der Waals surface area contributed by atoms with Crippen LogP contribution in [-0.2, 0) is 54.1 Å². The van der Waals surface area contributed by atoms with E-state index in [1.54, 1.807) is 66.1 Å². The first kappa shape index (κ1) is 43.4. The zero-order valence-corrected chi connectivity index (χ0v) is 33.7. The van der Waals surface area contributed by atoms with Gasteiger partial charge in [-0.05, 0) is 85.2 Å². The fourth-order valence-corrected chi connectivity index (χ4v) is 8.84. The van der Waals surface area contributed by atoms with Crippen LogP contribution in [0, 0.1) is 29.6 Å². The molecule has 1 amide bonds. The van der Waals surface area contributed by atoms with E-state index in [1.165, 1.54) is 14.0 Å². The summed E-state index contributed by atoms with van der Waals surface area (Å²) in [5, 5.41) is 14.2. The predicted octanol–water partition coefficient (Wildman–Crippen LogP) is 3.06. The number of ketones is 2. The second-order valence-corrected chi connectivity index (χ2v) is 16.2. The quantitative estimate of drug-likeness (QED) is 0.278. The highest BCUT2D eigenvalue weighted by atomic mass is 16.7. The van der Waals surface area contributed by atoms with Gasteiger partial charge < -0.3 is 39.0 Å². The first-order valence-corrected chi connectivity index (χ1v) is 19.2. The van der Waals surface area contributed by atoms with Crippen LogP contribution in [-0.4, -0.2) is 120 Å². The molecule has 3 fully saturated rings. The van der Waals surface area contributed by atoms with Crippen molar-refractivity contribution in [1.82, 2.24) is 15.2 Å². The number of methoxy groups -OCH3 is 1. The molecule has 0 spiro atoms. The number of esters is 2. The number of pyridine rings is 1. The van der Waals surface area contributed by atoms with Crippen molar-refractivity contribution in [1.29, 1.82) is 0 Å². The molecule has 0 radical (unpaired) electrons. The predicted molar refractivity (Wildman–Crippen MR) is 197 cm³/mol. The molecule has 4 rings (SSSR count). The number of nitrogens with zero attached hydrogens (tertiary/aromatic N) is 2. The third-order valence-electron chi connectivity index (χ3n) is 12.1. The summed E-state index contributed by atoms with van der Waals surface area (Å²) in [4.78, 5) is 75.7. The molecule has 54 heavy (non-hydrogen) atoms. The van der Waals surface area contributed by atoms with Crippen LogP contribution in [0.2, 0.25) is 0 Å². The highest BCUT2D eigenvalue weighted by molar-refractivity contribution is 6.00. The van der Waals surface area contributed by atoms with Gasteiger partial charge in [0.25, 0.3) is 0 Å². The van der Waals surface area contributed by atoms with Crippen LogP contribution < -0.4 is 5.32 Å². The van der Waals surface area contributed by atoms with Gasteiger partial charge in [0.2, 0.25) is 5.91 Å². The highest BCUT2D eigenvalue weighted by Crippen LogP contribution is 2.45. The van der Waals surface area contributed by atoms with Crippen LogP contribution in [0.3, 0.4) is 0 Å². The molecule has 3 aliphatic rings. The third-order valence-corrected chi connectivity index (χ3v) is 12.1. The molecule has 1 aromatic heterocycles. The number of aryl methyl sites for hydroxylation is 1. The minimum absolute atomic E-state index is 0.0705. The Labute approximate surface area is 319 Å². The Bertz CT molecular complexity index is 1510. The van der Waals surface area contributed by atoms with Crippen molar-refractivity contribution < 1.29 is 52.8 Å². The van der Waals surface area contributed by atoms with Crippen molar-refractivity contribution in [3.8, 4) is 0 Å². The maximum absolute atomic E-state index is 14.6. The van der Waals surface area contributed by atoms with Gasteiger partial charge in [0.1, 0.15) is 30.0 Å². The molecule has 14 heteroatoms. The second-order valence-electron chi connectivity index (χ2n) is 16.2. The Morgan fingerprint density at radius 1 is 1.02 bits per heavy atom. The molecule has 1 aromatic rings. The Morgan fingerprint density at radius 3 is 2.26 bits per heavy atom. The van der Waals surface area contributed by atoms with Crippen molar-refractivity contribution in [2.75, 3.05) is 21.2 Å². The summed E-state index contributed by atoms with van der Waals surface area (Å²) in [6.45, 7) is 13.5. The number of aliphatic hydroxyl groups is 1. The summed E-state index contributed by atoms with van der Waals surface area (Å²) in [5.74, 6) is -7.51. The van der Waals surface area contributed by atoms with Crippen LogP contribution in [0.15, 0.2) is 24.5 Å². The number of nitrogens with one attached hydrogen (secondary N) is 1. The van der Waals surface area contributed by atoms with Crippen molar-refractivity contribution in [3.05, 3.63) is 30.1 Å². The Hall–Kier alpha value is -3.30. The van der Waals surface area contributed by atoms with Crippen molar-refractivity contribution in [3.63, 3.8) is 0 Å². The van der Waals surface area contributed by atoms with Gasteiger partial charge in [-0.3, -0.25) is 24.2 Å². The molecule has 0 bridgehead atoms. The van der Waals surface area contributed by atoms with Crippen LogP contribution >= 0.6 is 0 Å². The SMILES string of the molecule is CC[C@H]1OC(=O)[C@H](C)C(=O)[C@H](C)[C@@H](O[C@@H]2O[C@H](C)C[C@H](N(C)C)[C@H]2O)[C@](C)(OC)C[C@@H](C)C(=O)[C@H](C)[C@H]2C(NC(=O)CCc3ccncc3)C(=O)O[C@@]21C.